The fraction of sp³-hybridized carbons (Fsp3) is 0.261. The third-order valence-electron chi connectivity index (χ3n) is 4.60. The quantitative estimate of drug-likeness (QED) is 0.251. The van der Waals surface area contributed by atoms with E-state index < -0.39 is 22.6 Å². The van der Waals surface area contributed by atoms with Crippen LogP contribution in [0.25, 0.3) is 0 Å². The molecule has 3 N–H and O–H groups in total. The van der Waals surface area contributed by atoms with Crippen molar-refractivity contribution in [3.8, 4) is 0 Å². The highest BCUT2D eigenvalue weighted by Gasteiger charge is 2.22. The van der Waals surface area contributed by atoms with Crippen LogP contribution in [0, 0.1) is 5.92 Å². The summed E-state index contributed by atoms with van der Waals surface area (Å²) in [6, 6.07) is 11.5. The van der Waals surface area contributed by atoms with Crippen LogP contribution in [0.2, 0.25) is 10.0 Å². The Morgan fingerprint density at radius 1 is 1.18 bits per heavy atom. The topological polar surface area (TPSA) is 111 Å². The number of carbonyl (C=O) groups excluding carboxylic acids is 2. The van der Waals surface area contributed by atoms with Gasteiger partial charge >= 0.3 is 5.97 Å². The minimum atomic E-state index is -1.57. The predicted octanol–water partition coefficient (Wildman–Crippen LogP) is 5.70. The standard InChI is InChI=1S/C23H23Cl2N3O4S2/c1-13(2)9-10-32-18(29)12-34(31)15-6-3-5-14(11-15)27-23-28-22(26)21(33-23)20(30)19-16(24)7-4-8-17(19)25/h3-8,11,13H,9-10,12,26H2,1-2H3,(H,27,28). The second-order valence-corrected chi connectivity index (χ2v) is 11.0. The Balaban J connectivity index is 1.70. The van der Waals surface area contributed by atoms with E-state index in [1.165, 1.54) is 0 Å². The Bertz CT molecular complexity index is 1210. The highest BCUT2D eigenvalue weighted by molar-refractivity contribution is 7.85. The number of nitrogens with one attached hydrogen (secondary N) is 1. The fourth-order valence-corrected chi connectivity index (χ4v) is 5.23. The number of carbonyl (C=O) groups is 2. The van der Waals surface area contributed by atoms with Crippen LogP contribution in [0.5, 0.6) is 0 Å². The van der Waals surface area contributed by atoms with Crippen molar-refractivity contribution in [1.29, 1.82) is 0 Å². The SMILES string of the molecule is CC(C)CCOC(=O)CS(=O)c1cccc(Nc2nc(N)c(C(=O)c3c(Cl)cccc3Cl)s2)c1. The van der Waals surface area contributed by atoms with E-state index in [4.69, 9.17) is 33.7 Å². The number of esters is 1. The van der Waals surface area contributed by atoms with Crippen LogP contribution in [-0.4, -0.2) is 33.3 Å². The first-order chi connectivity index (χ1) is 16.2. The molecule has 0 saturated carbocycles. The minimum Gasteiger partial charge on any atom is -0.465 e. The van der Waals surface area contributed by atoms with Crippen molar-refractivity contribution >= 4 is 73.7 Å². The van der Waals surface area contributed by atoms with Crippen molar-refractivity contribution in [3.63, 3.8) is 0 Å². The Morgan fingerprint density at radius 2 is 1.85 bits per heavy atom. The lowest BCUT2D eigenvalue weighted by molar-refractivity contribution is -0.140. The second kappa shape index (κ2) is 11.8. The highest BCUT2D eigenvalue weighted by Crippen LogP contribution is 2.34. The van der Waals surface area contributed by atoms with Crippen molar-refractivity contribution in [3.05, 3.63) is 63.0 Å². The first kappa shape index (κ1) is 26.2. The average Bonchev–Trinajstić information content (AvgIpc) is 3.13. The lowest BCUT2D eigenvalue weighted by Gasteiger charge is -2.08. The largest absolute Gasteiger partial charge is 0.465 e. The van der Waals surface area contributed by atoms with Crippen molar-refractivity contribution in [1.82, 2.24) is 4.98 Å². The van der Waals surface area contributed by atoms with Gasteiger partial charge in [-0.15, -0.1) is 0 Å². The number of halogens is 2. The number of nitrogen functional groups attached to an aromatic ring is 1. The fourth-order valence-electron chi connectivity index (χ4n) is 2.86. The van der Waals surface area contributed by atoms with E-state index in [0.717, 1.165) is 17.8 Å². The van der Waals surface area contributed by atoms with Crippen LogP contribution < -0.4 is 11.1 Å². The third-order valence-corrected chi connectivity index (χ3v) is 7.50. The van der Waals surface area contributed by atoms with Crippen LogP contribution in [0.3, 0.4) is 0 Å². The molecule has 180 valence electrons. The molecule has 3 rings (SSSR count). The summed E-state index contributed by atoms with van der Waals surface area (Å²) in [7, 11) is -1.57. The highest BCUT2D eigenvalue weighted by atomic mass is 35.5. The molecule has 3 aromatic rings. The molecule has 11 heteroatoms. The molecular weight excluding hydrogens is 517 g/mol. The normalized spacial score (nSPS) is 11.9. The minimum absolute atomic E-state index is 0.0392. The first-order valence-corrected chi connectivity index (χ1v) is 13.2. The summed E-state index contributed by atoms with van der Waals surface area (Å²) in [6.07, 6.45) is 0.752. The zero-order chi connectivity index (χ0) is 24.8. The van der Waals surface area contributed by atoms with Crippen LogP contribution in [0.15, 0.2) is 47.4 Å². The molecular formula is C23H23Cl2N3O4S2. The maximum atomic E-state index is 12.9. The molecule has 0 aliphatic heterocycles. The number of thiazole rings is 1. The van der Waals surface area contributed by atoms with Gasteiger partial charge in [-0.3, -0.25) is 13.8 Å². The summed E-state index contributed by atoms with van der Waals surface area (Å²) >= 11 is 13.3. The van der Waals surface area contributed by atoms with E-state index in [-0.39, 0.29) is 32.1 Å². The van der Waals surface area contributed by atoms with Crippen LogP contribution >= 0.6 is 34.5 Å². The number of hydrogen-bond donors (Lipinski definition) is 2. The molecule has 0 spiro atoms. The summed E-state index contributed by atoms with van der Waals surface area (Å²) in [6.45, 7) is 4.37. The van der Waals surface area contributed by atoms with E-state index in [9.17, 15) is 13.8 Å². The summed E-state index contributed by atoms with van der Waals surface area (Å²) in [5.74, 6) is -0.713. The van der Waals surface area contributed by atoms with Crippen LogP contribution in [-0.2, 0) is 20.3 Å². The molecule has 34 heavy (non-hydrogen) atoms. The summed E-state index contributed by atoms with van der Waals surface area (Å²) in [5, 5.41) is 3.86. The molecule has 0 radical (unpaired) electrons. The molecule has 1 heterocycles. The second-order valence-electron chi connectivity index (χ2n) is 7.70. The van der Waals surface area contributed by atoms with Gasteiger partial charge in [0.1, 0.15) is 16.4 Å². The average molecular weight is 540 g/mol. The smallest absolute Gasteiger partial charge is 0.318 e. The van der Waals surface area contributed by atoms with Gasteiger partial charge in [-0.05, 0) is 42.7 Å². The Morgan fingerprint density at radius 3 is 2.53 bits per heavy atom. The molecule has 0 aliphatic rings. The zero-order valence-electron chi connectivity index (χ0n) is 18.5. The zero-order valence-corrected chi connectivity index (χ0v) is 21.6. The summed E-state index contributed by atoms with van der Waals surface area (Å²) in [5.41, 5.74) is 6.71. The van der Waals surface area contributed by atoms with Crippen molar-refractivity contribution < 1.29 is 18.5 Å². The van der Waals surface area contributed by atoms with Gasteiger partial charge in [0.15, 0.2) is 5.13 Å². The van der Waals surface area contributed by atoms with Gasteiger partial charge < -0.3 is 15.8 Å². The van der Waals surface area contributed by atoms with Gasteiger partial charge in [-0.25, -0.2) is 4.98 Å². The number of ether oxygens (including phenoxy) is 1. The molecule has 0 bridgehead atoms. The molecule has 1 unspecified atom stereocenters. The monoisotopic (exact) mass is 539 g/mol. The molecule has 0 aliphatic carbocycles. The van der Waals surface area contributed by atoms with Crippen LogP contribution in [0.1, 0.15) is 35.5 Å². The Kier molecular flexibility index (Phi) is 9.07. The molecule has 0 amide bonds. The van der Waals surface area contributed by atoms with Gasteiger partial charge in [-0.2, -0.15) is 0 Å². The Labute approximate surface area is 214 Å². The van der Waals surface area contributed by atoms with Gasteiger partial charge in [-0.1, -0.05) is 60.5 Å². The molecule has 1 atom stereocenters. The van der Waals surface area contributed by atoms with Crippen molar-refractivity contribution in [2.24, 2.45) is 5.92 Å². The number of hydrogen-bond acceptors (Lipinski definition) is 8. The van der Waals surface area contributed by atoms with Crippen molar-refractivity contribution in [2.75, 3.05) is 23.4 Å². The van der Waals surface area contributed by atoms with Crippen LogP contribution in [0.4, 0.5) is 16.6 Å². The third kappa shape index (κ3) is 6.79. The summed E-state index contributed by atoms with van der Waals surface area (Å²) in [4.78, 5) is 29.8. The number of anilines is 3. The lowest BCUT2D eigenvalue weighted by atomic mass is 10.1. The summed E-state index contributed by atoms with van der Waals surface area (Å²) < 4.78 is 17.7. The van der Waals surface area contributed by atoms with E-state index in [2.05, 4.69) is 10.3 Å². The van der Waals surface area contributed by atoms with Gasteiger partial charge in [0.05, 0.1) is 33.0 Å². The number of benzene rings is 2. The molecule has 1 aromatic heterocycles. The number of rotatable bonds is 10. The first-order valence-electron chi connectivity index (χ1n) is 10.3. The maximum absolute atomic E-state index is 12.9. The number of ketones is 1. The predicted molar refractivity (Wildman–Crippen MR) is 138 cm³/mol. The van der Waals surface area contributed by atoms with Gasteiger partial charge in [0, 0.05) is 10.6 Å². The molecule has 2 aromatic carbocycles. The maximum Gasteiger partial charge on any atom is 0.318 e. The molecule has 0 fully saturated rings. The van der Waals surface area contributed by atoms with Gasteiger partial charge in [0.2, 0.25) is 5.78 Å². The van der Waals surface area contributed by atoms with E-state index in [1.807, 2.05) is 13.8 Å². The van der Waals surface area contributed by atoms with E-state index in [0.29, 0.717) is 28.2 Å². The Hall–Kier alpha value is -2.46. The molecule has 7 nitrogen and oxygen atoms in total. The van der Waals surface area contributed by atoms with E-state index >= 15 is 0 Å². The lowest BCUT2D eigenvalue weighted by Crippen LogP contribution is -2.15. The number of nitrogens with two attached hydrogens (primary N) is 1. The number of aromatic nitrogens is 1. The van der Waals surface area contributed by atoms with Gasteiger partial charge in [0.25, 0.3) is 0 Å². The number of nitrogens with zero attached hydrogens (tertiary/aromatic N) is 1. The van der Waals surface area contributed by atoms with E-state index in [1.54, 1.807) is 42.5 Å². The van der Waals surface area contributed by atoms with Crippen molar-refractivity contribution in [2.45, 2.75) is 25.2 Å². The molecule has 0 saturated heterocycles.